The first-order valence-corrected chi connectivity index (χ1v) is 10.1. The number of anilines is 1. The van der Waals surface area contributed by atoms with Crippen LogP contribution >= 0.6 is 35.0 Å². The van der Waals surface area contributed by atoms with Crippen LogP contribution in [0.1, 0.15) is 21.6 Å². The van der Waals surface area contributed by atoms with Crippen molar-refractivity contribution in [1.29, 1.82) is 0 Å². The van der Waals surface area contributed by atoms with Crippen LogP contribution in [0.5, 0.6) is 5.75 Å². The van der Waals surface area contributed by atoms with Crippen molar-refractivity contribution < 1.29 is 9.53 Å². The summed E-state index contributed by atoms with van der Waals surface area (Å²) in [5.74, 6) is 2.39. The average Bonchev–Trinajstić information content (AvgIpc) is 3.24. The lowest BCUT2D eigenvalue weighted by Crippen LogP contribution is -2.17. The molecule has 138 valence electrons. The molecule has 1 aliphatic heterocycles. The average molecular weight is 420 g/mol. The Morgan fingerprint density at radius 1 is 1.19 bits per heavy atom. The number of carbonyl (C=O) groups is 1. The van der Waals surface area contributed by atoms with E-state index in [1.807, 2.05) is 18.2 Å². The maximum absolute atomic E-state index is 13.0. The van der Waals surface area contributed by atoms with Gasteiger partial charge < -0.3 is 10.1 Å². The van der Waals surface area contributed by atoms with Crippen molar-refractivity contribution in [2.45, 2.75) is 11.5 Å². The Morgan fingerprint density at radius 3 is 2.78 bits per heavy atom. The molecule has 0 unspecified atom stereocenters. The number of ether oxygens (including phenoxy) is 1. The SMILES string of the molecule is COc1ccc(Cl)cc1C(=O)Nc1c2c(nn1-c1cccc(Cl)c1)CSC2. The molecule has 1 amide bonds. The zero-order chi connectivity index (χ0) is 19.0. The molecular formula is C19H15Cl2N3O2S. The number of thioether (sulfide) groups is 1. The van der Waals surface area contributed by atoms with Crippen molar-refractivity contribution in [3.8, 4) is 11.4 Å². The van der Waals surface area contributed by atoms with Gasteiger partial charge in [-0.15, -0.1) is 0 Å². The zero-order valence-corrected chi connectivity index (χ0v) is 16.7. The fourth-order valence-corrected chi connectivity index (χ4v) is 4.36. The molecule has 0 atom stereocenters. The summed E-state index contributed by atoms with van der Waals surface area (Å²) in [6, 6.07) is 12.3. The Hall–Kier alpha value is -2.15. The third-order valence-electron chi connectivity index (χ3n) is 4.24. The minimum Gasteiger partial charge on any atom is -0.496 e. The van der Waals surface area contributed by atoms with Gasteiger partial charge in [0.1, 0.15) is 11.6 Å². The predicted octanol–water partition coefficient (Wildman–Crippen LogP) is 5.19. The fraction of sp³-hybridized carbons (Fsp3) is 0.158. The fourth-order valence-electron chi connectivity index (χ4n) is 2.97. The van der Waals surface area contributed by atoms with Crippen LogP contribution in [0.2, 0.25) is 10.0 Å². The molecule has 0 radical (unpaired) electrons. The molecule has 8 heteroatoms. The van der Waals surface area contributed by atoms with Gasteiger partial charge in [-0.05, 0) is 36.4 Å². The molecule has 27 heavy (non-hydrogen) atoms. The van der Waals surface area contributed by atoms with Crippen LogP contribution in [-0.4, -0.2) is 22.8 Å². The molecule has 5 nitrogen and oxygen atoms in total. The number of amides is 1. The van der Waals surface area contributed by atoms with E-state index in [4.69, 9.17) is 27.9 Å². The Labute approximate surface area is 170 Å². The topological polar surface area (TPSA) is 56.1 Å². The molecule has 2 heterocycles. The lowest BCUT2D eigenvalue weighted by molar-refractivity contribution is 0.102. The molecule has 3 aromatic rings. The molecule has 0 bridgehead atoms. The Bertz CT molecular complexity index is 1040. The van der Waals surface area contributed by atoms with Crippen LogP contribution in [0.4, 0.5) is 5.82 Å². The molecule has 0 aliphatic carbocycles. The van der Waals surface area contributed by atoms with Crippen LogP contribution in [0, 0.1) is 0 Å². The molecule has 0 saturated heterocycles. The first-order valence-electron chi connectivity index (χ1n) is 8.16. The van der Waals surface area contributed by atoms with E-state index in [0.29, 0.717) is 27.2 Å². The van der Waals surface area contributed by atoms with E-state index in [0.717, 1.165) is 28.5 Å². The number of nitrogens with zero attached hydrogens (tertiary/aromatic N) is 2. The molecule has 0 saturated carbocycles. The van der Waals surface area contributed by atoms with Gasteiger partial charge in [0, 0.05) is 27.1 Å². The van der Waals surface area contributed by atoms with E-state index in [1.165, 1.54) is 7.11 Å². The van der Waals surface area contributed by atoms with E-state index in [9.17, 15) is 4.79 Å². The smallest absolute Gasteiger partial charge is 0.260 e. The van der Waals surface area contributed by atoms with Crippen molar-refractivity contribution in [1.82, 2.24) is 9.78 Å². The first kappa shape index (κ1) is 18.2. The van der Waals surface area contributed by atoms with Gasteiger partial charge in [0.25, 0.3) is 5.91 Å². The summed E-state index contributed by atoms with van der Waals surface area (Å²) >= 11 is 14.0. The number of hydrogen-bond acceptors (Lipinski definition) is 4. The standard InChI is InChI=1S/C19H15Cl2N3O2S/c1-26-17-6-5-12(21)8-14(17)19(25)22-18-15-9-27-10-16(15)23-24(18)13-4-2-3-11(20)7-13/h2-8H,9-10H2,1H3,(H,22,25). The maximum atomic E-state index is 13.0. The number of nitrogens with one attached hydrogen (secondary N) is 1. The van der Waals surface area contributed by atoms with Crippen LogP contribution < -0.4 is 10.1 Å². The highest BCUT2D eigenvalue weighted by molar-refractivity contribution is 7.98. The number of rotatable bonds is 4. The normalized spacial score (nSPS) is 12.7. The third-order valence-corrected chi connectivity index (χ3v) is 5.68. The Balaban J connectivity index is 1.76. The van der Waals surface area contributed by atoms with Gasteiger partial charge in [-0.2, -0.15) is 16.9 Å². The lowest BCUT2D eigenvalue weighted by atomic mass is 10.2. The molecule has 1 N–H and O–H groups in total. The molecule has 1 aromatic heterocycles. The van der Waals surface area contributed by atoms with Crippen LogP contribution in [0.3, 0.4) is 0 Å². The van der Waals surface area contributed by atoms with Crippen molar-refractivity contribution in [3.63, 3.8) is 0 Å². The molecule has 0 spiro atoms. The van der Waals surface area contributed by atoms with Crippen molar-refractivity contribution in [2.75, 3.05) is 12.4 Å². The highest BCUT2D eigenvalue weighted by atomic mass is 35.5. The number of carbonyl (C=O) groups excluding carboxylic acids is 1. The monoisotopic (exact) mass is 419 g/mol. The van der Waals surface area contributed by atoms with Gasteiger partial charge in [-0.3, -0.25) is 4.79 Å². The van der Waals surface area contributed by atoms with Gasteiger partial charge in [0.2, 0.25) is 0 Å². The van der Waals surface area contributed by atoms with Gasteiger partial charge in [0.15, 0.2) is 0 Å². The van der Waals surface area contributed by atoms with Gasteiger partial charge in [-0.1, -0.05) is 29.3 Å². The van der Waals surface area contributed by atoms with Crippen LogP contribution in [0.15, 0.2) is 42.5 Å². The van der Waals surface area contributed by atoms with Crippen molar-refractivity contribution >= 4 is 46.7 Å². The second-order valence-corrected chi connectivity index (χ2v) is 7.82. The summed E-state index contributed by atoms with van der Waals surface area (Å²) in [5.41, 5.74) is 3.14. The summed E-state index contributed by atoms with van der Waals surface area (Å²) in [4.78, 5) is 13.0. The second-order valence-electron chi connectivity index (χ2n) is 5.96. The lowest BCUT2D eigenvalue weighted by Gasteiger charge is -2.13. The Morgan fingerprint density at radius 2 is 2.00 bits per heavy atom. The van der Waals surface area contributed by atoms with E-state index in [2.05, 4.69) is 10.4 Å². The van der Waals surface area contributed by atoms with E-state index in [1.54, 1.807) is 40.7 Å². The molecule has 2 aromatic carbocycles. The number of benzene rings is 2. The van der Waals surface area contributed by atoms with Crippen molar-refractivity contribution in [3.05, 3.63) is 69.3 Å². The third kappa shape index (κ3) is 3.52. The minimum atomic E-state index is -0.308. The minimum absolute atomic E-state index is 0.308. The number of aromatic nitrogens is 2. The molecule has 4 rings (SSSR count). The highest BCUT2D eigenvalue weighted by Gasteiger charge is 2.26. The second kappa shape index (κ2) is 7.46. The zero-order valence-electron chi connectivity index (χ0n) is 14.3. The summed E-state index contributed by atoms with van der Waals surface area (Å²) in [7, 11) is 1.52. The predicted molar refractivity (Wildman–Crippen MR) is 110 cm³/mol. The van der Waals surface area contributed by atoms with Gasteiger partial charge >= 0.3 is 0 Å². The van der Waals surface area contributed by atoms with Crippen LogP contribution in [0.25, 0.3) is 5.69 Å². The van der Waals surface area contributed by atoms with Crippen LogP contribution in [-0.2, 0) is 11.5 Å². The summed E-state index contributed by atoms with van der Waals surface area (Å²) in [5, 5.41) is 8.73. The maximum Gasteiger partial charge on any atom is 0.260 e. The van der Waals surface area contributed by atoms with E-state index < -0.39 is 0 Å². The molecule has 1 aliphatic rings. The molecule has 0 fully saturated rings. The van der Waals surface area contributed by atoms with Crippen molar-refractivity contribution in [2.24, 2.45) is 0 Å². The van der Waals surface area contributed by atoms with E-state index >= 15 is 0 Å². The number of methoxy groups -OCH3 is 1. The molecular weight excluding hydrogens is 405 g/mol. The summed E-state index contributed by atoms with van der Waals surface area (Å²) in [6.45, 7) is 0. The van der Waals surface area contributed by atoms with E-state index in [-0.39, 0.29) is 5.91 Å². The van der Waals surface area contributed by atoms with Gasteiger partial charge in [0.05, 0.1) is 24.1 Å². The number of hydrogen-bond donors (Lipinski definition) is 1. The number of fused-ring (bicyclic) bond motifs is 1. The quantitative estimate of drug-likeness (QED) is 0.632. The Kier molecular flexibility index (Phi) is 5.04. The summed E-state index contributed by atoms with van der Waals surface area (Å²) < 4.78 is 7.03. The highest BCUT2D eigenvalue weighted by Crippen LogP contribution is 2.37. The largest absolute Gasteiger partial charge is 0.496 e. The first-order chi connectivity index (χ1) is 13.1. The van der Waals surface area contributed by atoms with Gasteiger partial charge in [-0.25, -0.2) is 4.68 Å². The number of halogens is 2. The summed E-state index contributed by atoms with van der Waals surface area (Å²) in [6.07, 6.45) is 0.